The maximum absolute atomic E-state index is 12.7. The Labute approximate surface area is 124 Å². The van der Waals surface area contributed by atoms with Crippen molar-refractivity contribution in [2.75, 3.05) is 23.3 Å². The van der Waals surface area contributed by atoms with Gasteiger partial charge in [0.1, 0.15) is 5.69 Å². The maximum Gasteiger partial charge on any atom is 0.278 e. The van der Waals surface area contributed by atoms with Gasteiger partial charge in [-0.3, -0.25) is 4.79 Å². The van der Waals surface area contributed by atoms with Crippen molar-refractivity contribution in [3.8, 4) is 0 Å². The van der Waals surface area contributed by atoms with Gasteiger partial charge in [0.05, 0.1) is 0 Å². The van der Waals surface area contributed by atoms with Crippen LogP contribution in [0.1, 0.15) is 29.4 Å². The van der Waals surface area contributed by atoms with E-state index in [1.807, 2.05) is 48.9 Å². The van der Waals surface area contributed by atoms with Crippen LogP contribution in [0, 0.1) is 6.92 Å². The summed E-state index contributed by atoms with van der Waals surface area (Å²) < 4.78 is 2.01. The van der Waals surface area contributed by atoms with Crippen molar-refractivity contribution in [2.45, 2.75) is 26.8 Å². The van der Waals surface area contributed by atoms with Gasteiger partial charge in [0.25, 0.3) is 5.91 Å². The minimum atomic E-state index is -0.0509. The second-order valence-corrected chi connectivity index (χ2v) is 5.31. The normalized spacial score (nSPS) is 13.4. The highest BCUT2D eigenvalue weighted by molar-refractivity contribution is 6.04. The molecule has 1 amide bonds. The molecule has 3 rings (SSSR count). The van der Waals surface area contributed by atoms with Crippen LogP contribution in [-0.4, -0.2) is 28.5 Å². The zero-order chi connectivity index (χ0) is 14.8. The smallest absolute Gasteiger partial charge is 0.278 e. The van der Waals surface area contributed by atoms with E-state index in [1.54, 1.807) is 4.90 Å². The highest BCUT2D eigenvalue weighted by atomic mass is 16.2. The first-order valence-electron chi connectivity index (χ1n) is 7.38. The summed E-state index contributed by atoms with van der Waals surface area (Å²) in [4.78, 5) is 18.9. The third-order valence-electron chi connectivity index (χ3n) is 3.76. The van der Waals surface area contributed by atoms with E-state index in [4.69, 9.17) is 0 Å². The number of carbonyl (C=O) groups excluding carboxylic acids is 1. The molecule has 0 spiro atoms. The Morgan fingerprint density at radius 2 is 2.14 bits per heavy atom. The summed E-state index contributed by atoms with van der Waals surface area (Å²) in [5.41, 5.74) is 2.60. The molecule has 0 saturated heterocycles. The van der Waals surface area contributed by atoms with Crippen molar-refractivity contribution in [3.63, 3.8) is 0 Å². The average Bonchev–Trinajstić information content (AvgIpc) is 2.93. The number of amides is 1. The van der Waals surface area contributed by atoms with Crippen LogP contribution in [0.15, 0.2) is 30.5 Å². The fraction of sp³-hybridized carbons (Fsp3) is 0.375. The molecule has 2 heterocycles. The maximum atomic E-state index is 12.7. The summed E-state index contributed by atoms with van der Waals surface area (Å²) >= 11 is 0. The van der Waals surface area contributed by atoms with E-state index in [0.29, 0.717) is 12.2 Å². The average molecular weight is 284 g/mol. The fourth-order valence-electron chi connectivity index (χ4n) is 2.59. The van der Waals surface area contributed by atoms with Gasteiger partial charge in [-0.05, 0) is 32.4 Å². The monoisotopic (exact) mass is 284 g/mol. The molecule has 1 aromatic heterocycles. The Kier molecular flexibility index (Phi) is 3.64. The molecule has 0 saturated carbocycles. The summed E-state index contributed by atoms with van der Waals surface area (Å²) in [5, 5.41) is 3.22. The van der Waals surface area contributed by atoms with Gasteiger partial charge in [0, 0.05) is 31.5 Å². The highest BCUT2D eigenvalue weighted by Crippen LogP contribution is 2.20. The number of hydrogen-bond acceptors (Lipinski definition) is 3. The molecule has 0 bridgehead atoms. The van der Waals surface area contributed by atoms with Crippen molar-refractivity contribution >= 4 is 17.5 Å². The predicted octanol–water partition coefficient (Wildman–Crippen LogP) is 2.67. The first kappa shape index (κ1) is 13.7. The molecule has 1 aliphatic rings. The quantitative estimate of drug-likeness (QED) is 0.942. The number of anilines is 2. The van der Waals surface area contributed by atoms with Crippen molar-refractivity contribution in [1.82, 2.24) is 9.55 Å². The zero-order valence-electron chi connectivity index (χ0n) is 12.5. The lowest BCUT2D eigenvalue weighted by molar-refractivity contribution is 0.0984. The minimum absolute atomic E-state index is 0.0509. The second-order valence-electron chi connectivity index (χ2n) is 5.31. The van der Waals surface area contributed by atoms with Gasteiger partial charge >= 0.3 is 0 Å². The zero-order valence-corrected chi connectivity index (χ0v) is 12.5. The number of carbonyl (C=O) groups is 1. The van der Waals surface area contributed by atoms with E-state index in [-0.39, 0.29) is 5.91 Å². The molecule has 5 nitrogen and oxygen atoms in total. The first-order chi connectivity index (χ1) is 10.2. The molecule has 1 aliphatic heterocycles. The van der Waals surface area contributed by atoms with Crippen LogP contribution in [0.5, 0.6) is 0 Å². The summed E-state index contributed by atoms with van der Waals surface area (Å²) in [5.74, 6) is 0.745. The number of benzene rings is 1. The number of nitrogens with zero attached hydrogens (tertiary/aromatic N) is 3. The van der Waals surface area contributed by atoms with Crippen LogP contribution in [0.4, 0.5) is 11.6 Å². The van der Waals surface area contributed by atoms with Crippen LogP contribution in [-0.2, 0) is 6.54 Å². The van der Waals surface area contributed by atoms with E-state index in [0.717, 1.165) is 31.1 Å². The van der Waals surface area contributed by atoms with Gasteiger partial charge in [-0.15, -0.1) is 0 Å². The molecule has 0 fully saturated rings. The fourth-order valence-corrected chi connectivity index (χ4v) is 2.59. The topological polar surface area (TPSA) is 50.2 Å². The van der Waals surface area contributed by atoms with E-state index in [1.165, 1.54) is 5.56 Å². The van der Waals surface area contributed by atoms with Gasteiger partial charge in [0.15, 0.2) is 0 Å². The van der Waals surface area contributed by atoms with Crippen molar-refractivity contribution in [2.24, 2.45) is 0 Å². The molecular weight excluding hydrogens is 264 g/mol. The van der Waals surface area contributed by atoms with E-state index in [2.05, 4.69) is 10.3 Å². The highest BCUT2D eigenvalue weighted by Gasteiger charge is 2.21. The van der Waals surface area contributed by atoms with E-state index in [9.17, 15) is 4.79 Å². The summed E-state index contributed by atoms with van der Waals surface area (Å²) in [6.45, 7) is 6.47. The molecule has 5 heteroatoms. The molecule has 0 atom stereocenters. The molecule has 21 heavy (non-hydrogen) atoms. The van der Waals surface area contributed by atoms with Crippen LogP contribution in [0.3, 0.4) is 0 Å². The second kappa shape index (κ2) is 5.60. The third-order valence-corrected chi connectivity index (χ3v) is 3.76. The van der Waals surface area contributed by atoms with Crippen LogP contribution < -0.4 is 10.2 Å². The van der Waals surface area contributed by atoms with Crippen LogP contribution in [0.25, 0.3) is 0 Å². The molecule has 2 aromatic rings. The van der Waals surface area contributed by atoms with Gasteiger partial charge in [-0.2, -0.15) is 0 Å². The van der Waals surface area contributed by atoms with Gasteiger partial charge < -0.3 is 14.8 Å². The molecule has 110 valence electrons. The van der Waals surface area contributed by atoms with Crippen molar-refractivity contribution in [1.29, 1.82) is 0 Å². The summed E-state index contributed by atoms with van der Waals surface area (Å²) in [7, 11) is 0. The van der Waals surface area contributed by atoms with E-state index < -0.39 is 0 Å². The molecule has 0 unspecified atom stereocenters. The third kappa shape index (κ3) is 2.63. The molecule has 0 radical (unpaired) electrons. The molecule has 1 aromatic carbocycles. The number of nitrogens with one attached hydrogen (secondary N) is 1. The molecule has 1 N–H and O–H groups in total. The molecular formula is C16H20N4O. The summed E-state index contributed by atoms with van der Waals surface area (Å²) in [6, 6.07) is 7.99. The van der Waals surface area contributed by atoms with Gasteiger partial charge in [0.2, 0.25) is 5.95 Å². The number of imidazole rings is 1. The predicted molar refractivity (Wildman–Crippen MR) is 83.9 cm³/mol. The Morgan fingerprint density at radius 1 is 1.38 bits per heavy atom. The van der Waals surface area contributed by atoms with Gasteiger partial charge in [-0.1, -0.05) is 17.7 Å². The van der Waals surface area contributed by atoms with E-state index >= 15 is 0 Å². The number of fused-ring (bicyclic) bond motifs is 1. The minimum Gasteiger partial charge on any atom is -0.356 e. The van der Waals surface area contributed by atoms with Gasteiger partial charge in [-0.25, -0.2) is 4.98 Å². The standard InChI is InChI=1S/C16H20N4O/c1-3-20(13-7-5-12(2)6-8-13)15(21)14-11-19-10-4-9-17-16(19)18-14/h5-8,11H,3-4,9-10H2,1-2H3,(H,17,18). The number of aryl methyl sites for hydroxylation is 2. The first-order valence-corrected chi connectivity index (χ1v) is 7.38. The lowest BCUT2D eigenvalue weighted by Crippen LogP contribution is -2.30. The van der Waals surface area contributed by atoms with Crippen LogP contribution in [0.2, 0.25) is 0 Å². The number of aromatic nitrogens is 2. The van der Waals surface area contributed by atoms with Crippen molar-refractivity contribution in [3.05, 3.63) is 41.7 Å². The van der Waals surface area contributed by atoms with Crippen molar-refractivity contribution < 1.29 is 4.79 Å². The Hall–Kier alpha value is -2.30. The SMILES string of the molecule is CCN(C(=O)c1cn2c(n1)NCCC2)c1ccc(C)cc1. The largest absolute Gasteiger partial charge is 0.356 e. The molecule has 0 aliphatic carbocycles. The Balaban J connectivity index is 1.88. The lowest BCUT2D eigenvalue weighted by atomic mass is 10.2. The number of hydrogen-bond donors (Lipinski definition) is 1. The number of rotatable bonds is 3. The van der Waals surface area contributed by atoms with Crippen LogP contribution >= 0.6 is 0 Å². The Morgan fingerprint density at radius 3 is 2.81 bits per heavy atom. The lowest BCUT2D eigenvalue weighted by Gasteiger charge is -2.20. The summed E-state index contributed by atoms with van der Waals surface area (Å²) in [6.07, 6.45) is 2.91. The Bertz CT molecular complexity index is 621.